The number of aromatic carboxylic acids is 1. The van der Waals surface area contributed by atoms with Crippen LogP contribution in [-0.4, -0.2) is 21.0 Å². The molecule has 2 unspecified atom stereocenters. The van der Waals surface area contributed by atoms with E-state index in [4.69, 9.17) is 11.6 Å². The molecule has 0 amide bonds. The molecule has 0 saturated heterocycles. The van der Waals surface area contributed by atoms with E-state index in [1.807, 2.05) is 24.4 Å². The number of anilines is 2. The molecule has 2 heterocycles. The molecule has 26 heavy (non-hydrogen) atoms. The van der Waals surface area contributed by atoms with E-state index in [0.717, 1.165) is 34.2 Å². The number of thiazole rings is 1. The van der Waals surface area contributed by atoms with E-state index in [2.05, 4.69) is 15.3 Å². The predicted molar refractivity (Wildman–Crippen MR) is 103 cm³/mol. The molecule has 1 aromatic carbocycles. The van der Waals surface area contributed by atoms with Crippen LogP contribution in [-0.2, 0) is 0 Å². The van der Waals surface area contributed by atoms with Gasteiger partial charge in [-0.05, 0) is 66.6 Å². The van der Waals surface area contributed by atoms with Crippen molar-refractivity contribution in [2.45, 2.75) is 25.2 Å². The van der Waals surface area contributed by atoms with Gasteiger partial charge in [0.25, 0.3) is 0 Å². The second-order valence-electron chi connectivity index (χ2n) is 6.38. The molecule has 0 spiro atoms. The van der Waals surface area contributed by atoms with Gasteiger partial charge < -0.3 is 10.4 Å². The lowest BCUT2D eigenvalue weighted by atomic mass is 10.0. The standard InChI is InChI=1S/C19H16ClN3O2S/c1-10-9-26-19(22-10)23-17-7-11(4-5-21-17)13-8-14(13)15-6-12(18(24)25)2-3-16(15)20/h2-7,9,13-14H,8H2,1H3,(H,24,25)(H,21,22,23). The van der Waals surface area contributed by atoms with Crippen LogP contribution in [0.5, 0.6) is 0 Å². The van der Waals surface area contributed by atoms with Crippen molar-refractivity contribution in [1.82, 2.24) is 9.97 Å². The van der Waals surface area contributed by atoms with Crippen molar-refractivity contribution in [3.63, 3.8) is 0 Å². The number of carbonyl (C=O) groups is 1. The van der Waals surface area contributed by atoms with Crippen LogP contribution < -0.4 is 5.32 Å². The van der Waals surface area contributed by atoms with Crippen molar-refractivity contribution < 1.29 is 9.90 Å². The van der Waals surface area contributed by atoms with Crippen molar-refractivity contribution >= 4 is 39.9 Å². The number of hydrogen-bond donors (Lipinski definition) is 2. The summed E-state index contributed by atoms with van der Waals surface area (Å²) in [5.41, 5.74) is 3.31. The Kier molecular flexibility index (Phi) is 4.38. The Morgan fingerprint density at radius 1 is 1.31 bits per heavy atom. The second-order valence-corrected chi connectivity index (χ2v) is 7.65. The summed E-state index contributed by atoms with van der Waals surface area (Å²) in [5.74, 6) is 0.374. The fraction of sp³-hybridized carbons (Fsp3) is 0.211. The molecule has 2 N–H and O–H groups in total. The van der Waals surface area contributed by atoms with Gasteiger partial charge in [-0.3, -0.25) is 0 Å². The van der Waals surface area contributed by atoms with Crippen molar-refractivity contribution in [2.24, 2.45) is 0 Å². The minimum absolute atomic E-state index is 0.235. The van der Waals surface area contributed by atoms with E-state index in [1.165, 1.54) is 6.07 Å². The first-order chi connectivity index (χ1) is 12.5. The number of hydrogen-bond acceptors (Lipinski definition) is 5. The number of nitrogens with zero attached hydrogens (tertiary/aromatic N) is 2. The Labute approximate surface area is 159 Å². The maximum Gasteiger partial charge on any atom is 0.335 e. The average Bonchev–Trinajstić information content (AvgIpc) is 3.31. The van der Waals surface area contributed by atoms with E-state index in [0.29, 0.717) is 10.9 Å². The van der Waals surface area contributed by atoms with Crippen LogP contribution in [0, 0.1) is 6.92 Å². The Hall–Kier alpha value is -2.44. The van der Waals surface area contributed by atoms with Gasteiger partial charge >= 0.3 is 5.97 Å². The smallest absolute Gasteiger partial charge is 0.335 e. The number of halogens is 1. The summed E-state index contributed by atoms with van der Waals surface area (Å²) in [6, 6.07) is 8.92. The van der Waals surface area contributed by atoms with Crippen molar-refractivity contribution in [1.29, 1.82) is 0 Å². The molecular formula is C19H16ClN3O2S. The first kappa shape index (κ1) is 17.0. The van der Waals surface area contributed by atoms with E-state index >= 15 is 0 Å². The Morgan fingerprint density at radius 3 is 2.88 bits per heavy atom. The van der Waals surface area contributed by atoms with Gasteiger partial charge in [0.15, 0.2) is 5.13 Å². The molecule has 5 nitrogen and oxygen atoms in total. The van der Waals surface area contributed by atoms with Gasteiger partial charge in [0.1, 0.15) is 5.82 Å². The molecule has 0 aliphatic heterocycles. The van der Waals surface area contributed by atoms with Crippen LogP contribution in [0.3, 0.4) is 0 Å². The fourth-order valence-corrected chi connectivity index (χ4v) is 4.09. The summed E-state index contributed by atoms with van der Waals surface area (Å²) in [4.78, 5) is 20.0. The van der Waals surface area contributed by atoms with Gasteiger partial charge in [0, 0.05) is 16.6 Å². The molecule has 1 aliphatic carbocycles. The Morgan fingerprint density at radius 2 is 2.15 bits per heavy atom. The second kappa shape index (κ2) is 6.70. The first-order valence-electron chi connectivity index (χ1n) is 8.19. The molecule has 4 rings (SSSR count). The summed E-state index contributed by atoms with van der Waals surface area (Å²) < 4.78 is 0. The van der Waals surface area contributed by atoms with E-state index < -0.39 is 5.97 Å². The monoisotopic (exact) mass is 385 g/mol. The van der Waals surface area contributed by atoms with Crippen LogP contribution >= 0.6 is 22.9 Å². The molecule has 7 heteroatoms. The quantitative estimate of drug-likeness (QED) is 0.630. The van der Waals surface area contributed by atoms with Crippen LogP contribution in [0.15, 0.2) is 41.9 Å². The number of benzene rings is 1. The number of carboxylic acid groups (broad SMARTS) is 1. The summed E-state index contributed by atoms with van der Waals surface area (Å²) in [5, 5.41) is 15.9. The number of nitrogens with one attached hydrogen (secondary N) is 1. The first-order valence-corrected chi connectivity index (χ1v) is 9.45. The van der Waals surface area contributed by atoms with Crippen LogP contribution in [0.25, 0.3) is 0 Å². The summed E-state index contributed by atoms with van der Waals surface area (Å²) in [7, 11) is 0. The molecule has 132 valence electrons. The Bertz CT molecular complexity index is 988. The lowest BCUT2D eigenvalue weighted by molar-refractivity contribution is 0.0697. The van der Waals surface area contributed by atoms with Crippen LogP contribution in [0.4, 0.5) is 10.9 Å². The van der Waals surface area contributed by atoms with Gasteiger partial charge in [0.2, 0.25) is 0 Å². The van der Waals surface area contributed by atoms with E-state index in [-0.39, 0.29) is 11.5 Å². The normalized spacial score (nSPS) is 18.5. The molecule has 0 bridgehead atoms. The number of rotatable bonds is 5. The molecule has 0 radical (unpaired) electrons. The number of pyridine rings is 1. The minimum atomic E-state index is -0.936. The minimum Gasteiger partial charge on any atom is -0.478 e. The highest BCUT2D eigenvalue weighted by Crippen LogP contribution is 2.56. The molecule has 1 fully saturated rings. The Balaban J connectivity index is 1.54. The van der Waals surface area contributed by atoms with E-state index in [9.17, 15) is 9.90 Å². The number of aryl methyl sites for hydroxylation is 1. The molecule has 3 aromatic rings. The summed E-state index contributed by atoms with van der Waals surface area (Å²) in [6.45, 7) is 1.95. The molecule has 1 saturated carbocycles. The topological polar surface area (TPSA) is 75.1 Å². The zero-order valence-electron chi connectivity index (χ0n) is 13.9. The highest BCUT2D eigenvalue weighted by atomic mass is 35.5. The van der Waals surface area contributed by atoms with Crippen molar-refractivity contribution in [3.8, 4) is 0 Å². The van der Waals surface area contributed by atoms with Crippen LogP contribution in [0.1, 0.15) is 45.4 Å². The number of carboxylic acids is 1. The lowest BCUT2D eigenvalue weighted by Crippen LogP contribution is -1.98. The van der Waals surface area contributed by atoms with Gasteiger partial charge in [-0.15, -0.1) is 11.3 Å². The third kappa shape index (κ3) is 3.43. The van der Waals surface area contributed by atoms with Crippen LogP contribution in [0.2, 0.25) is 5.02 Å². The molecular weight excluding hydrogens is 370 g/mol. The maximum atomic E-state index is 11.2. The van der Waals surface area contributed by atoms with Gasteiger partial charge in [-0.25, -0.2) is 14.8 Å². The van der Waals surface area contributed by atoms with Gasteiger partial charge in [-0.1, -0.05) is 11.6 Å². The molecule has 2 aromatic heterocycles. The average molecular weight is 386 g/mol. The summed E-state index contributed by atoms with van der Waals surface area (Å²) in [6.07, 6.45) is 2.73. The third-order valence-corrected chi connectivity index (χ3v) is 5.72. The summed E-state index contributed by atoms with van der Waals surface area (Å²) >= 11 is 7.85. The van der Waals surface area contributed by atoms with E-state index in [1.54, 1.807) is 29.7 Å². The molecule has 1 aliphatic rings. The predicted octanol–water partition coefficient (Wildman–Crippen LogP) is 5.21. The van der Waals surface area contributed by atoms with Gasteiger partial charge in [0.05, 0.1) is 11.3 Å². The van der Waals surface area contributed by atoms with Crippen molar-refractivity contribution in [3.05, 3.63) is 69.3 Å². The lowest BCUT2D eigenvalue weighted by Gasteiger charge is -2.07. The van der Waals surface area contributed by atoms with Crippen molar-refractivity contribution in [2.75, 3.05) is 5.32 Å². The maximum absolute atomic E-state index is 11.2. The zero-order chi connectivity index (χ0) is 18.3. The zero-order valence-corrected chi connectivity index (χ0v) is 15.5. The SMILES string of the molecule is Cc1csc(Nc2cc(C3CC3c3cc(C(=O)O)ccc3Cl)ccn2)n1. The largest absolute Gasteiger partial charge is 0.478 e. The third-order valence-electron chi connectivity index (χ3n) is 4.50. The molecule has 2 atom stereocenters. The fourth-order valence-electron chi connectivity index (χ4n) is 3.13. The van der Waals surface area contributed by atoms with Gasteiger partial charge in [-0.2, -0.15) is 0 Å². The highest BCUT2D eigenvalue weighted by Gasteiger charge is 2.41. The number of aromatic nitrogens is 2. The highest BCUT2D eigenvalue weighted by molar-refractivity contribution is 7.13.